The van der Waals surface area contributed by atoms with Crippen molar-refractivity contribution < 1.29 is 0 Å². The number of hydrogen-bond donors (Lipinski definition) is 0. The van der Waals surface area contributed by atoms with Crippen molar-refractivity contribution >= 4 is 22.5 Å². The van der Waals surface area contributed by atoms with E-state index in [9.17, 15) is 0 Å². The van der Waals surface area contributed by atoms with Crippen LogP contribution in [0.2, 0.25) is 0 Å². The molecule has 0 unspecified atom stereocenters. The third kappa shape index (κ3) is 4.74. The molecule has 0 N–H and O–H groups in total. The first-order valence-electron chi connectivity index (χ1n) is 18.3. The van der Waals surface area contributed by atoms with Crippen molar-refractivity contribution in [2.75, 3.05) is 0 Å². The number of nitrogens with zero attached hydrogens (tertiary/aromatic N) is 3. The van der Waals surface area contributed by atoms with Gasteiger partial charge in [0.15, 0.2) is 17.5 Å². The quantitative estimate of drug-likeness (QED) is 0.183. The Morgan fingerprint density at radius 3 is 1.46 bits per heavy atom. The van der Waals surface area contributed by atoms with E-state index in [1.807, 2.05) is 36.0 Å². The average molecular weight is 706 g/mol. The molecule has 1 aromatic heterocycles. The highest BCUT2D eigenvalue weighted by molar-refractivity contribution is 7.99. The van der Waals surface area contributed by atoms with Crippen molar-refractivity contribution in [3.63, 3.8) is 0 Å². The second-order valence-electron chi connectivity index (χ2n) is 14.0. The van der Waals surface area contributed by atoms with Crippen molar-refractivity contribution in [3.8, 4) is 56.4 Å². The zero-order valence-corrected chi connectivity index (χ0v) is 30.0. The highest BCUT2D eigenvalue weighted by Gasteiger charge is 2.50. The molecular weight excluding hydrogens is 675 g/mol. The summed E-state index contributed by atoms with van der Waals surface area (Å²) in [6.07, 6.45) is 0. The second-order valence-corrected chi connectivity index (χ2v) is 15.0. The minimum absolute atomic E-state index is 0.429. The van der Waals surface area contributed by atoms with E-state index in [1.165, 1.54) is 54.1 Å². The summed E-state index contributed by atoms with van der Waals surface area (Å²) in [5.74, 6) is 1.95. The van der Waals surface area contributed by atoms with Gasteiger partial charge in [-0.25, -0.2) is 15.0 Å². The number of benzene rings is 8. The molecule has 1 aliphatic heterocycles. The lowest BCUT2D eigenvalue weighted by Gasteiger charge is -2.39. The van der Waals surface area contributed by atoms with Gasteiger partial charge in [0, 0.05) is 26.5 Å². The molecule has 0 bridgehead atoms. The van der Waals surface area contributed by atoms with Gasteiger partial charge >= 0.3 is 0 Å². The van der Waals surface area contributed by atoms with Crippen molar-refractivity contribution in [2.45, 2.75) is 15.2 Å². The first-order chi connectivity index (χ1) is 26.7. The third-order valence-corrected chi connectivity index (χ3v) is 12.1. The van der Waals surface area contributed by atoms with Crippen LogP contribution < -0.4 is 0 Å². The van der Waals surface area contributed by atoms with Crippen molar-refractivity contribution in [2.24, 2.45) is 0 Å². The maximum absolute atomic E-state index is 5.13. The summed E-state index contributed by atoms with van der Waals surface area (Å²) in [6, 6.07) is 67.4. The smallest absolute Gasteiger partial charge is 0.164 e. The molecule has 0 saturated carbocycles. The molecule has 2 heterocycles. The summed E-state index contributed by atoms with van der Waals surface area (Å²) in [7, 11) is 0. The first-order valence-corrected chi connectivity index (χ1v) is 19.1. The second kappa shape index (κ2) is 12.2. The summed E-state index contributed by atoms with van der Waals surface area (Å²) >= 11 is 1.87. The molecule has 9 aromatic rings. The number of rotatable bonds is 4. The third-order valence-electron chi connectivity index (χ3n) is 11.0. The van der Waals surface area contributed by atoms with Crippen LogP contribution in [0, 0.1) is 0 Å². The molecule has 1 spiro atoms. The van der Waals surface area contributed by atoms with Crippen LogP contribution in [-0.2, 0) is 5.41 Å². The lowest BCUT2D eigenvalue weighted by Crippen LogP contribution is -2.31. The maximum Gasteiger partial charge on any atom is 0.164 e. The Morgan fingerprint density at radius 2 is 0.796 bits per heavy atom. The molecule has 3 nitrogen and oxygen atoms in total. The normalized spacial score (nSPS) is 13.3. The monoisotopic (exact) mass is 705 g/mol. The van der Waals surface area contributed by atoms with E-state index in [0.29, 0.717) is 17.5 Å². The van der Waals surface area contributed by atoms with Gasteiger partial charge in [0.05, 0.1) is 5.41 Å². The van der Waals surface area contributed by atoms with Gasteiger partial charge in [0.25, 0.3) is 0 Å². The molecule has 0 saturated heterocycles. The lowest BCUT2D eigenvalue weighted by atomic mass is 9.67. The topological polar surface area (TPSA) is 38.7 Å². The number of hydrogen-bond acceptors (Lipinski definition) is 4. The van der Waals surface area contributed by atoms with E-state index >= 15 is 0 Å². The fraction of sp³-hybridized carbons (Fsp3) is 0.0200. The Labute approximate surface area is 318 Å². The first kappa shape index (κ1) is 31.0. The molecule has 54 heavy (non-hydrogen) atoms. The summed E-state index contributed by atoms with van der Waals surface area (Å²) < 4.78 is 0. The Kier molecular flexibility index (Phi) is 7.01. The van der Waals surface area contributed by atoms with Crippen LogP contribution in [0.3, 0.4) is 0 Å². The van der Waals surface area contributed by atoms with Crippen LogP contribution in [0.4, 0.5) is 0 Å². The Bertz CT molecular complexity index is 2860. The van der Waals surface area contributed by atoms with E-state index in [4.69, 9.17) is 15.0 Å². The molecular formula is C50H31N3S. The van der Waals surface area contributed by atoms with Crippen LogP contribution >= 0.6 is 11.8 Å². The highest BCUT2D eigenvalue weighted by Crippen LogP contribution is 2.62. The average Bonchev–Trinajstić information content (AvgIpc) is 3.52. The molecule has 2 aliphatic rings. The largest absolute Gasteiger partial charge is 0.208 e. The van der Waals surface area contributed by atoms with Crippen LogP contribution in [0.1, 0.15) is 22.3 Å². The van der Waals surface area contributed by atoms with E-state index in [1.54, 1.807) is 0 Å². The predicted octanol–water partition coefficient (Wildman–Crippen LogP) is 12.5. The number of aromatic nitrogens is 3. The van der Waals surface area contributed by atoms with Gasteiger partial charge in [-0.15, -0.1) is 0 Å². The molecule has 0 radical (unpaired) electrons. The lowest BCUT2D eigenvalue weighted by molar-refractivity contribution is 0.723. The zero-order chi connectivity index (χ0) is 35.6. The van der Waals surface area contributed by atoms with Crippen LogP contribution in [0.25, 0.3) is 67.2 Å². The summed E-state index contributed by atoms with van der Waals surface area (Å²) in [6.45, 7) is 0. The van der Waals surface area contributed by atoms with Crippen molar-refractivity contribution in [1.82, 2.24) is 15.0 Å². The van der Waals surface area contributed by atoms with Gasteiger partial charge in [0.1, 0.15) is 0 Å². The standard InChI is InChI=1S/C50H31N3S/c1-3-13-32(14-4-1)33-23-25-35(26-24-33)48-51-47(34-15-5-2-6-16-34)52-49(53-48)37-28-27-36-30-40-39-17-7-8-18-41(39)50(44(40)31-38(36)29-37)42-19-9-11-21-45(42)54-46-22-12-10-20-43(46)50/h1-31H. The Morgan fingerprint density at radius 1 is 0.315 bits per heavy atom. The minimum atomic E-state index is -0.429. The van der Waals surface area contributed by atoms with E-state index in [2.05, 4.69) is 164 Å². The Balaban J connectivity index is 1.10. The van der Waals surface area contributed by atoms with E-state index in [-0.39, 0.29) is 0 Å². The van der Waals surface area contributed by atoms with Gasteiger partial charge in [-0.05, 0) is 85.6 Å². The van der Waals surface area contributed by atoms with Crippen LogP contribution in [-0.4, -0.2) is 15.0 Å². The predicted molar refractivity (Wildman–Crippen MR) is 221 cm³/mol. The summed E-state index contributed by atoms with van der Waals surface area (Å²) in [4.78, 5) is 17.8. The molecule has 252 valence electrons. The molecule has 0 atom stereocenters. The van der Waals surface area contributed by atoms with Gasteiger partial charge in [-0.3, -0.25) is 0 Å². The minimum Gasteiger partial charge on any atom is -0.208 e. The Hall–Kier alpha value is -6.62. The van der Waals surface area contributed by atoms with Gasteiger partial charge in [0.2, 0.25) is 0 Å². The molecule has 1 aliphatic carbocycles. The molecule has 4 heteroatoms. The van der Waals surface area contributed by atoms with Crippen LogP contribution in [0.5, 0.6) is 0 Å². The maximum atomic E-state index is 5.13. The fourth-order valence-electron chi connectivity index (χ4n) is 8.53. The zero-order valence-electron chi connectivity index (χ0n) is 29.1. The van der Waals surface area contributed by atoms with Gasteiger partial charge < -0.3 is 0 Å². The molecule has 0 amide bonds. The molecule has 0 fully saturated rings. The summed E-state index contributed by atoms with van der Waals surface area (Å²) in [5, 5.41) is 2.34. The molecule has 8 aromatic carbocycles. The summed E-state index contributed by atoms with van der Waals surface area (Å²) in [5.41, 5.74) is 12.7. The van der Waals surface area contributed by atoms with Crippen LogP contribution in [0.15, 0.2) is 198 Å². The van der Waals surface area contributed by atoms with E-state index < -0.39 is 5.41 Å². The highest BCUT2D eigenvalue weighted by atomic mass is 32.2. The fourth-order valence-corrected chi connectivity index (χ4v) is 9.72. The molecule has 11 rings (SSSR count). The van der Waals surface area contributed by atoms with Crippen molar-refractivity contribution in [1.29, 1.82) is 0 Å². The number of fused-ring (bicyclic) bond motifs is 10. The van der Waals surface area contributed by atoms with E-state index in [0.717, 1.165) is 27.6 Å². The van der Waals surface area contributed by atoms with Gasteiger partial charge in [-0.1, -0.05) is 169 Å². The SMILES string of the molecule is c1ccc(-c2ccc(-c3nc(-c4ccccc4)nc(-c4ccc5cc6c(cc5c4)C4(c5ccccc5Sc5ccccc54)c4ccccc4-6)n3)cc2)cc1. The van der Waals surface area contributed by atoms with Crippen molar-refractivity contribution in [3.05, 3.63) is 210 Å². The van der Waals surface area contributed by atoms with Gasteiger partial charge in [-0.2, -0.15) is 0 Å².